The van der Waals surface area contributed by atoms with Crippen molar-refractivity contribution in [3.8, 4) is 11.5 Å². The topological polar surface area (TPSA) is 42.0 Å². The summed E-state index contributed by atoms with van der Waals surface area (Å²) in [5, 5.41) is 0.450. The molecule has 1 aliphatic heterocycles. The van der Waals surface area contributed by atoms with Crippen molar-refractivity contribution in [2.24, 2.45) is 0 Å². The third kappa shape index (κ3) is 4.53. The average molecular weight is 526 g/mol. The quantitative estimate of drug-likeness (QED) is 0.317. The van der Waals surface area contributed by atoms with Crippen molar-refractivity contribution in [1.82, 2.24) is 9.80 Å². The first-order valence-corrected chi connectivity index (χ1v) is 10.4. The second-order valence-electron chi connectivity index (χ2n) is 6.38. The van der Waals surface area contributed by atoms with Crippen LogP contribution in [0.3, 0.4) is 0 Å². The Labute approximate surface area is 188 Å². The van der Waals surface area contributed by atoms with E-state index in [2.05, 4.69) is 22.6 Å². The molecule has 0 bridgehead atoms. The molecule has 1 heterocycles. The standard InChI is InChI=1S/C21H20FIN2O3S/c1-4-27-18-11-13(10-17-20(26)25(3)21(29)24(17)2)9-16(23)19(18)28-12-14-7-5-6-8-15(14)22/h5-11H,4,12H2,1-3H3/b17-10-. The number of carbonyl (C=O) groups is 1. The van der Waals surface area contributed by atoms with E-state index in [1.807, 2.05) is 13.0 Å². The van der Waals surface area contributed by atoms with Gasteiger partial charge in [0.1, 0.15) is 18.1 Å². The maximum atomic E-state index is 13.9. The van der Waals surface area contributed by atoms with E-state index in [1.165, 1.54) is 11.0 Å². The van der Waals surface area contributed by atoms with E-state index in [1.54, 1.807) is 49.3 Å². The normalized spacial score (nSPS) is 15.4. The summed E-state index contributed by atoms with van der Waals surface area (Å²) < 4.78 is 26.3. The number of rotatable bonds is 6. The molecule has 2 aromatic carbocycles. The van der Waals surface area contributed by atoms with Gasteiger partial charge >= 0.3 is 0 Å². The largest absolute Gasteiger partial charge is 0.490 e. The number of likely N-dealkylation sites (N-methyl/N-ethyl adjacent to an activating group) is 2. The van der Waals surface area contributed by atoms with Gasteiger partial charge in [0.2, 0.25) is 0 Å². The van der Waals surface area contributed by atoms with Gasteiger partial charge in [0.25, 0.3) is 5.91 Å². The van der Waals surface area contributed by atoms with Gasteiger partial charge in [-0.2, -0.15) is 0 Å². The molecule has 0 aromatic heterocycles. The summed E-state index contributed by atoms with van der Waals surface area (Å²) >= 11 is 7.40. The minimum Gasteiger partial charge on any atom is -0.490 e. The average Bonchev–Trinajstić information content (AvgIpc) is 2.87. The number of halogens is 2. The molecular formula is C21H20FIN2O3S. The molecule has 3 rings (SSSR count). The van der Waals surface area contributed by atoms with Gasteiger partial charge in [0, 0.05) is 19.7 Å². The fraction of sp³-hybridized carbons (Fsp3) is 0.238. The molecule has 0 spiro atoms. The van der Waals surface area contributed by atoms with Crippen LogP contribution in [-0.4, -0.2) is 41.5 Å². The van der Waals surface area contributed by atoms with Gasteiger partial charge in [-0.25, -0.2) is 4.39 Å². The Morgan fingerprint density at radius 2 is 1.90 bits per heavy atom. The highest BCUT2D eigenvalue weighted by Gasteiger charge is 2.32. The lowest BCUT2D eigenvalue weighted by Gasteiger charge is -2.16. The van der Waals surface area contributed by atoms with E-state index in [0.29, 0.717) is 34.5 Å². The zero-order valence-corrected chi connectivity index (χ0v) is 19.2. The summed E-state index contributed by atoms with van der Waals surface area (Å²) in [5.74, 6) is 0.596. The minimum absolute atomic E-state index is 0.0868. The number of nitrogens with zero attached hydrogens (tertiary/aromatic N) is 2. The summed E-state index contributed by atoms with van der Waals surface area (Å²) in [5.41, 5.74) is 1.73. The lowest BCUT2D eigenvalue weighted by Crippen LogP contribution is -2.26. The second kappa shape index (κ2) is 9.08. The van der Waals surface area contributed by atoms with Crippen LogP contribution in [0.1, 0.15) is 18.1 Å². The summed E-state index contributed by atoms with van der Waals surface area (Å²) in [6, 6.07) is 10.2. The van der Waals surface area contributed by atoms with Crippen LogP contribution in [0.5, 0.6) is 11.5 Å². The Morgan fingerprint density at radius 1 is 1.17 bits per heavy atom. The van der Waals surface area contributed by atoms with Crippen LogP contribution in [-0.2, 0) is 11.4 Å². The van der Waals surface area contributed by atoms with Crippen molar-refractivity contribution in [3.05, 3.63) is 62.6 Å². The van der Waals surface area contributed by atoms with E-state index in [4.69, 9.17) is 21.7 Å². The predicted molar refractivity (Wildman–Crippen MR) is 122 cm³/mol. The zero-order valence-electron chi connectivity index (χ0n) is 16.2. The summed E-state index contributed by atoms with van der Waals surface area (Å²) in [7, 11) is 3.41. The molecule has 29 heavy (non-hydrogen) atoms. The molecule has 0 saturated carbocycles. The van der Waals surface area contributed by atoms with Crippen molar-refractivity contribution < 1.29 is 18.7 Å². The van der Waals surface area contributed by atoms with Gasteiger partial charge in [-0.3, -0.25) is 9.69 Å². The van der Waals surface area contributed by atoms with Crippen LogP contribution in [0.2, 0.25) is 0 Å². The van der Waals surface area contributed by atoms with E-state index in [0.717, 1.165) is 9.13 Å². The first-order valence-electron chi connectivity index (χ1n) is 8.93. The number of benzene rings is 2. The highest BCUT2D eigenvalue weighted by molar-refractivity contribution is 14.1. The molecule has 152 valence electrons. The van der Waals surface area contributed by atoms with Gasteiger partial charge < -0.3 is 14.4 Å². The number of ether oxygens (including phenoxy) is 2. The van der Waals surface area contributed by atoms with Gasteiger partial charge in [-0.15, -0.1) is 0 Å². The van der Waals surface area contributed by atoms with E-state index in [-0.39, 0.29) is 18.3 Å². The van der Waals surface area contributed by atoms with Gasteiger partial charge in [-0.05, 0) is 71.6 Å². The van der Waals surface area contributed by atoms with Gasteiger partial charge in [0.05, 0.1) is 10.2 Å². The first kappa shape index (κ1) is 21.5. The molecule has 1 saturated heterocycles. The van der Waals surface area contributed by atoms with E-state index < -0.39 is 0 Å². The van der Waals surface area contributed by atoms with Crippen LogP contribution < -0.4 is 9.47 Å². The first-order chi connectivity index (χ1) is 13.8. The Bertz CT molecular complexity index is 996. The van der Waals surface area contributed by atoms with E-state index >= 15 is 0 Å². The highest BCUT2D eigenvalue weighted by atomic mass is 127. The molecule has 0 radical (unpaired) electrons. The van der Waals surface area contributed by atoms with Crippen molar-refractivity contribution >= 4 is 51.9 Å². The van der Waals surface area contributed by atoms with Crippen LogP contribution in [0.15, 0.2) is 42.1 Å². The van der Waals surface area contributed by atoms with Crippen molar-refractivity contribution in [2.45, 2.75) is 13.5 Å². The summed E-state index contributed by atoms with van der Waals surface area (Å²) in [6.45, 7) is 2.40. The fourth-order valence-corrected chi connectivity index (χ4v) is 3.85. The smallest absolute Gasteiger partial charge is 0.276 e. The highest BCUT2D eigenvalue weighted by Crippen LogP contribution is 2.36. The molecular weight excluding hydrogens is 506 g/mol. The maximum Gasteiger partial charge on any atom is 0.276 e. The monoisotopic (exact) mass is 526 g/mol. The predicted octanol–water partition coefficient (Wildman–Crippen LogP) is 4.44. The molecule has 0 atom stereocenters. The molecule has 0 N–H and O–H groups in total. The number of amides is 1. The fourth-order valence-electron chi connectivity index (χ4n) is 2.89. The molecule has 8 heteroatoms. The van der Waals surface area contributed by atoms with Crippen LogP contribution >= 0.6 is 34.8 Å². The van der Waals surface area contributed by atoms with Crippen molar-refractivity contribution in [1.29, 1.82) is 0 Å². The van der Waals surface area contributed by atoms with Gasteiger partial charge in [-0.1, -0.05) is 18.2 Å². The molecule has 1 aliphatic rings. The number of hydrogen-bond acceptors (Lipinski definition) is 4. The summed E-state index contributed by atoms with van der Waals surface area (Å²) in [4.78, 5) is 15.5. The minimum atomic E-state index is -0.315. The lowest BCUT2D eigenvalue weighted by atomic mass is 10.1. The number of hydrogen-bond donors (Lipinski definition) is 0. The molecule has 2 aromatic rings. The molecule has 0 aliphatic carbocycles. The Hall–Kier alpha value is -2.20. The summed E-state index contributed by atoms with van der Waals surface area (Å²) in [6.07, 6.45) is 1.77. The van der Waals surface area contributed by atoms with Crippen molar-refractivity contribution in [2.75, 3.05) is 20.7 Å². The Kier molecular flexibility index (Phi) is 6.74. The number of carbonyl (C=O) groups excluding carboxylic acids is 1. The molecule has 1 fully saturated rings. The molecule has 0 unspecified atom stereocenters. The molecule has 5 nitrogen and oxygen atoms in total. The Balaban J connectivity index is 1.92. The maximum absolute atomic E-state index is 13.9. The SMILES string of the molecule is CCOc1cc(/C=C2/C(=O)N(C)C(=S)N2C)cc(I)c1OCc1ccccc1F. The zero-order chi connectivity index (χ0) is 21.1. The van der Waals surface area contributed by atoms with E-state index in [9.17, 15) is 9.18 Å². The van der Waals surface area contributed by atoms with Crippen LogP contribution in [0, 0.1) is 9.39 Å². The van der Waals surface area contributed by atoms with Gasteiger partial charge in [0.15, 0.2) is 16.6 Å². The van der Waals surface area contributed by atoms with Crippen molar-refractivity contribution in [3.63, 3.8) is 0 Å². The van der Waals surface area contributed by atoms with Crippen LogP contribution in [0.4, 0.5) is 4.39 Å². The number of thiocarbonyl (C=S) groups is 1. The second-order valence-corrected chi connectivity index (χ2v) is 7.91. The van der Waals surface area contributed by atoms with Crippen LogP contribution in [0.25, 0.3) is 6.08 Å². The lowest BCUT2D eigenvalue weighted by molar-refractivity contribution is -0.121. The Morgan fingerprint density at radius 3 is 2.52 bits per heavy atom. The third-order valence-electron chi connectivity index (χ3n) is 4.42. The third-order valence-corrected chi connectivity index (χ3v) is 5.77. The molecule has 1 amide bonds.